The van der Waals surface area contributed by atoms with Gasteiger partial charge in [0.1, 0.15) is 5.65 Å². The molecule has 0 atom stereocenters. The van der Waals surface area contributed by atoms with Crippen molar-refractivity contribution in [2.75, 3.05) is 0 Å². The van der Waals surface area contributed by atoms with E-state index in [0.717, 1.165) is 12.1 Å². The van der Waals surface area contributed by atoms with E-state index in [0.29, 0.717) is 5.92 Å². The summed E-state index contributed by atoms with van der Waals surface area (Å²) in [6, 6.07) is 6.32. The van der Waals surface area contributed by atoms with E-state index in [4.69, 9.17) is 0 Å². The average molecular weight is 188 g/mol. The lowest BCUT2D eigenvalue weighted by Gasteiger charge is -2.10. The molecule has 0 saturated carbocycles. The highest BCUT2D eigenvalue weighted by molar-refractivity contribution is 5.43. The van der Waals surface area contributed by atoms with Crippen LogP contribution in [0.4, 0.5) is 0 Å². The molecule has 0 aliphatic carbocycles. The topological polar surface area (TPSA) is 17.3 Å². The number of hydrogen-bond donors (Lipinski definition) is 0. The molecule has 2 nitrogen and oxygen atoms in total. The minimum atomic E-state index is 0.540. The second kappa shape index (κ2) is 3.45. The standard InChI is InChI=1S/C12H16N2/c1-4-10-8-13-12-7-5-6-11(9(2)3)14(10)12/h5-9H,4H2,1-3H3. The van der Waals surface area contributed by atoms with Crippen LogP contribution in [-0.4, -0.2) is 9.38 Å². The molecule has 14 heavy (non-hydrogen) atoms. The van der Waals surface area contributed by atoms with Crippen molar-refractivity contribution in [1.29, 1.82) is 0 Å². The van der Waals surface area contributed by atoms with E-state index in [-0.39, 0.29) is 0 Å². The molecule has 2 heteroatoms. The summed E-state index contributed by atoms with van der Waals surface area (Å²) in [4.78, 5) is 4.40. The highest BCUT2D eigenvalue weighted by Crippen LogP contribution is 2.18. The lowest BCUT2D eigenvalue weighted by Crippen LogP contribution is -2.01. The number of fused-ring (bicyclic) bond motifs is 1. The molecule has 0 spiro atoms. The molecule has 0 aliphatic rings. The second-order valence-electron chi connectivity index (χ2n) is 3.90. The van der Waals surface area contributed by atoms with Gasteiger partial charge >= 0.3 is 0 Å². The van der Waals surface area contributed by atoms with Crippen LogP contribution < -0.4 is 0 Å². The van der Waals surface area contributed by atoms with Crippen LogP contribution in [0.25, 0.3) is 5.65 Å². The van der Waals surface area contributed by atoms with E-state index in [9.17, 15) is 0 Å². The van der Waals surface area contributed by atoms with Gasteiger partial charge < -0.3 is 4.40 Å². The van der Waals surface area contributed by atoms with Crippen LogP contribution in [0.1, 0.15) is 38.1 Å². The fourth-order valence-electron chi connectivity index (χ4n) is 1.83. The summed E-state index contributed by atoms with van der Waals surface area (Å²) in [6.45, 7) is 6.60. The molecule has 0 N–H and O–H groups in total. The maximum Gasteiger partial charge on any atom is 0.137 e. The Balaban J connectivity index is 2.75. The van der Waals surface area contributed by atoms with Crippen molar-refractivity contribution in [1.82, 2.24) is 9.38 Å². The predicted octanol–water partition coefficient (Wildman–Crippen LogP) is 3.02. The fourth-order valence-corrected chi connectivity index (χ4v) is 1.83. The summed E-state index contributed by atoms with van der Waals surface area (Å²) >= 11 is 0. The van der Waals surface area contributed by atoms with Gasteiger partial charge in [-0.25, -0.2) is 4.98 Å². The molecule has 0 saturated heterocycles. The number of aromatic nitrogens is 2. The number of pyridine rings is 1. The highest BCUT2D eigenvalue weighted by atomic mass is 15.0. The van der Waals surface area contributed by atoms with Gasteiger partial charge in [-0.1, -0.05) is 26.8 Å². The van der Waals surface area contributed by atoms with Crippen molar-refractivity contribution in [2.24, 2.45) is 0 Å². The van der Waals surface area contributed by atoms with Crippen molar-refractivity contribution < 1.29 is 0 Å². The van der Waals surface area contributed by atoms with Gasteiger partial charge in [0.2, 0.25) is 0 Å². The Morgan fingerprint density at radius 3 is 2.79 bits per heavy atom. The Hall–Kier alpha value is -1.31. The van der Waals surface area contributed by atoms with Gasteiger partial charge in [0.25, 0.3) is 0 Å². The molecule has 0 aliphatic heterocycles. The quantitative estimate of drug-likeness (QED) is 0.708. The molecule has 0 unspecified atom stereocenters. The van der Waals surface area contributed by atoms with Crippen LogP contribution in [0.3, 0.4) is 0 Å². The molecule has 2 rings (SSSR count). The van der Waals surface area contributed by atoms with E-state index in [1.54, 1.807) is 0 Å². The number of hydrogen-bond acceptors (Lipinski definition) is 1. The summed E-state index contributed by atoms with van der Waals surface area (Å²) in [6.07, 6.45) is 3.01. The second-order valence-corrected chi connectivity index (χ2v) is 3.90. The van der Waals surface area contributed by atoms with E-state index in [2.05, 4.69) is 48.4 Å². The first kappa shape index (κ1) is 9.25. The van der Waals surface area contributed by atoms with Gasteiger partial charge in [-0.3, -0.25) is 0 Å². The smallest absolute Gasteiger partial charge is 0.137 e. The zero-order chi connectivity index (χ0) is 10.1. The molecule has 2 aromatic heterocycles. The van der Waals surface area contributed by atoms with Gasteiger partial charge in [0.05, 0.1) is 0 Å². The number of nitrogens with zero attached hydrogens (tertiary/aromatic N) is 2. The molecule has 0 bridgehead atoms. The van der Waals surface area contributed by atoms with Crippen LogP contribution in [0, 0.1) is 0 Å². The third kappa shape index (κ3) is 1.31. The zero-order valence-electron chi connectivity index (χ0n) is 8.99. The minimum absolute atomic E-state index is 0.540. The molecule has 0 radical (unpaired) electrons. The molecule has 2 aromatic rings. The first-order valence-corrected chi connectivity index (χ1v) is 5.19. The molecule has 0 fully saturated rings. The number of imidazole rings is 1. The van der Waals surface area contributed by atoms with Crippen LogP contribution in [-0.2, 0) is 6.42 Å². The lowest BCUT2D eigenvalue weighted by atomic mass is 10.1. The maximum absolute atomic E-state index is 4.40. The van der Waals surface area contributed by atoms with Crippen molar-refractivity contribution >= 4 is 5.65 Å². The minimum Gasteiger partial charge on any atom is -0.301 e. The van der Waals surface area contributed by atoms with Crippen molar-refractivity contribution in [3.63, 3.8) is 0 Å². The molecule has 74 valence electrons. The average Bonchev–Trinajstić information content (AvgIpc) is 2.59. The molecular weight excluding hydrogens is 172 g/mol. The SMILES string of the molecule is CCc1cnc2cccc(C(C)C)n12. The zero-order valence-corrected chi connectivity index (χ0v) is 8.99. The lowest BCUT2D eigenvalue weighted by molar-refractivity contribution is 0.783. The van der Waals surface area contributed by atoms with Crippen LogP contribution in [0.15, 0.2) is 24.4 Å². The van der Waals surface area contributed by atoms with E-state index in [1.165, 1.54) is 11.4 Å². The van der Waals surface area contributed by atoms with E-state index in [1.807, 2.05) is 6.20 Å². The predicted molar refractivity (Wildman–Crippen MR) is 58.7 cm³/mol. The van der Waals surface area contributed by atoms with Gasteiger partial charge in [-0.2, -0.15) is 0 Å². The Morgan fingerprint density at radius 1 is 1.36 bits per heavy atom. The number of rotatable bonds is 2. The first-order valence-electron chi connectivity index (χ1n) is 5.19. The van der Waals surface area contributed by atoms with Gasteiger partial charge in [0, 0.05) is 17.6 Å². The summed E-state index contributed by atoms with van der Waals surface area (Å²) < 4.78 is 2.27. The van der Waals surface area contributed by atoms with Gasteiger partial charge in [0.15, 0.2) is 0 Å². The molecule has 2 heterocycles. The summed E-state index contributed by atoms with van der Waals surface area (Å²) in [5.74, 6) is 0.540. The Bertz CT molecular complexity index is 441. The summed E-state index contributed by atoms with van der Waals surface area (Å²) in [5, 5.41) is 0. The van der Waals surface area contributed by atoms with E-state index >= 15 is 0 Å². The van der Waals surface area contributed by atoms with Crippen molar-refractivity contribution in [2.45, 2.75) is 33.1 Å². The van der Waals surface area contributed by atoms with E-state index < -0.39 is 0 Å². The third-order valence-corrected chi connectivity index (χ3v) is 2.59. The Labute approximate surface area is 84.6 Å². The largest absolute Gasteiger partial charge is 0.301 e. The van der Waals surface area contributed by atoms with Crippen LogP contribution >= 0.6 is 0 Å². The first-order chi connectivity index (χ1) is 6.74. The maximum atomic E-state index is 4.40. The molecule has 0 amide bonds. The fraction of sp³-hybridized carbons (Fsp3) is 0.417. The summed E-state index contributed by atoms with van der Waals surface area (Å²) in [5.41, 5.74) is 3.70. The van der Waals surface area contributed by atoms with Crippen molar-refractivity contribution in [3.8, 4) is 0 Å². The third-order valence-electron chi connectivity index (χ3n) is 2.59. The summed E-state index contributed by atoms with van der Waals surface area (Å²) in [7, 11) is 0. The number of aryl methyl sites for hydroxylation is 1. The van der Waals surface area contributed by atoms with Crippen LogP contribution in [0.5, 0.6) is 0 Å². The van der Waals surface area contributed by atoms with Crippen LogP contribution in [0.2, 0.25) is 0 Å². The Kier molecular flexibility index (Phi) is 2.28. The molecule has 0 aromatic carbocycles. The monoisotopic (exact) mass is 188 g/mol. The Morgan fingerprint density at radius 2 is 2.14 bits per heavy atom. The normalized spacial score (nSPS) is 11.4. The van der Waals surface area contributed by atoms with Crippen molar-refractivity contribution in [3.05, 3.63) is 35.8 Å². The van der Waals surface area contributed by atoms with Gasteiger partial charge in [-0.05, 0) is 24.5 Å². The molecular formula is C12H16N2. The van der Waals surface area contributed by atoms with Gasteiger partial charge in [-0.15, -0.1) is 0 Å². The highest BCUT2D eigenvalue weighted by Gasteiger charge is 2.07.